The van der Waals surface area contributed by atoms with Crippen LogP contribution in [0.2, 0.25) is 5.02 Å². The van der Waals surface area contributed by atoms with E-state index in [-0.39, 0.29) is 22.9 Å². The summed E-state index contributed by atoms with van der Waals surface area (Å²) in [6.07, 6.45) is 1.69. The highest BCUT2D eigenvalue weighted by atomic mass is 35.5. The van der Waals surface area contributed by atoms with Gasteiger partial charge in [-0.25, -0.2) is 12.7 Å². The number of hydrogen-bond donors (Lipinski definition) is 1. The number of carbonyl (C=O) groups is 3. The van der Waals surface area contributed by atoms with Gasteiger partial charge >= 0.3 is 0 Å². The Hall–Kier alpha value is -2.91. The number of hydrogen-bond acceptors (Lipinski definition) is 5. The van der Waals surface area contributed by atoms with E-state index in [0.717, 1.165) is 12.8 Å². The molecule has 1 aliphatic heterocycles. The van der Waals surface area contributed by atoms with Gasteiger partial charge < -0.3 is 10.2 Å². The van der Waals surface area contributed by atoms with Gasteiger partial charge in [-0.3, -0.25) is 14.4 Å². The minimum Gasteiger partial charge on any atom is -0.354 e. The predicted octanol–water partition coefficient (Wildman–Crippen LogP) is 2.82. The third kappa shape index (κ3) is 5.36. The lowest BCUT2D eigenvalue weighted by Crippen LogP contribution is -2.51. The van der Waals surface area contributed by atoms with Crippen LogP contribution in [-0.2, 0) is 26.2 Å². The Kier molecular flexibility index (Phi) is 7.76. The SMILES string of the molecule is CCCCNC(=O)[C@H](C)N(Cc1cccc(Cl)c1)C(=O)CN1C(=O)c2ccccc2S1(=O)=O. The van der Waals surface area contributed by atoms with Crippen LogP contribution in [0.1, 0.15) is 42.6 Å². The molecule has 0 aliphatic carbocycles. The van der Waals surface area contributed by atoms with E-state index >= 15 is 0 Å². The number of nitrogens with zero attached hydrogens (tertiary/aromatic N) is 2. The lowest BCUT2D eigenvalue weighted by atomic mass is 10.1. The second-order valence-electron chi connectivity index (χ2n) is 7.79. The van der Waals surface area contributed by atoms with Gasteiger partial charge in [-0.1, -0.05) is 49.2 Å². The molecular formula is C23H26ClN3O5S. The van der Waals surface area contributed by atoms with Gasteiger partial charge in [0.1, 0.15) is 17.5 Å². The summed E-state index contributed by atoms with van der Waals surface area (Å²) in [6.45, 7) is 3.35. The van der Waals surface area contributed by atoms with Crippen molar-refractivity contribution in [2.24, 2.45) is 0 Å². The van der Waals surface area contributed by atoms with Crippen LogP contribution in [0.25, 0.3) is 0 Å². The average Bonchev–Trinajstić information content (AvgIpc) is 2.98. The zero-order valence-electron chi connectivity index (χ0n) is 18.5. The highest BCUT2D eigenvalue weighted by Gasteiger charge is 2.43. The molecule has 1 aliphatic rings. The summed E-state index contributed by atoms with van der Waals surface area (Å²) in [5.41, 5.74) is 0.694. The molecule has 1 heterocycles. The van der Waals surface area contributed by atoms with Crippen molar-refractivity contribution in [1.29, 1.82) is 0 Å². The van der Waals surface area contributed by atoms with Crippen molar-refractivity contribution in [2.45, 2.75) is 44.2 Å². The molecule has 1 N–H and O–H groups in total. The number of carbonyl (C=O) groups excluding carboxylic acids is 3. The fraction of sp³-hybridized carbons (Fsp3) is 0.348. The number of rotatable bonds is 9. The summed E-state index contributed by atoms with van der Waals surface area (Å²) in [7, 11) is -4.15. The Balaban J connectivity index is 1.86. The highest BCUT2D eigenvalue weighted by Crippen LogP contribution is 2.30. The monoisotopic (exact) mass is 491 g/mol. The van der Waals surface area contributed by atoms with E-state index in [0.29, 0.717) is 21.4 Å². The number of unbranched alkanes of at least 4 members (excludes halogenated alkanes) is 1. The standard InChI is InChI=1S/C23H26ClN3O5S/c1-3-4-12-25-22(29)16(2)26(14-17-8-7-9-18(24)13-17)21(28)15-27-23(30)19-10-5-6-11-20(19)33(27,31)32/h5-11,13,16H,3-4,12,14-15H2,1-2H3,(H,25,29)/t16-/m0/s1. The molecule has 2 aromatic carbocycles. The molecule has 0 saturated carbocycles. The van der Waals surface area contributed by atoms with Gasteiger partial charge in [0.25, 0.3) is 15.9 Å². The van der Waals surface area contributed by atoms with Crippen molar-refractivity contribution in [3.8, 4) is 0 Å². The summed E-state index contributed by atoms with van der Waals surface area (Å²) < 4.78 is 26.3. The largest absolute Gasteiger partial charge is 0.354 e. The van der Waals surface area contributed by atoms with E-state index in [2.05, 4.69) is 5.32 Å². The molecule has 10 heteroatoms. The first kappa shape index (κ1) is 24.7. The van der Waals surface area contributed by atoms with Gasteiger partial charge in [0.15, 0.2) is 0 Å². The Morgan fingerprint density at radius 3 is 2.55 bits per heavy atom. The predicted molar refractivity (Wildman–Crippen MR) is 124 cm³/mol. The van der Waals surface area contributed by atoms with Gasteiger partial charge in [-0.2, -0.15) is 0 Å². The van der Waals surface area contributed by atoms with Gasteiger partial charge in [0.05, 0.1) is 5.56 Å². The average molecular weight is 492 g/mol. The second kappa shape index (κ2) is 10.4. The van der Waals surface area contributed by atoms with Crippen molar-refractivity contribution in [1.82, 2.24) is 14.5 Å². The minimum absolute atomic E-state index is 0.0246. The van der Waals surface area contributed by atoms with Gasteiger partial charge in [0, 0.05) is 18.1 Å². The molecule has 176 valence electrons. The smallest absolute Gasteiger partial charge is 0.269 e. The van der Waals surface area contributed by atoms with E-state index in [1.807, 2.05) is 6.92 Å². The second-order valence-corrected chi connectivity index (χ2v) is 10.1. The van der Waals surface area contributed by atoms with E-state index in [4.69, 9.17) is 11.6 Å². The van der Waals surface area contributed by atoms with Crippen LogP contribution >= 0.6 is 11.6 Å². The van der Waals surface area contributed by atoms with Crippen LogP contribution in [-0.4, -0.2) is 54.5 Å². The van der Waals surface area contributed by atoms with Crippen LogP contribution in [0.4, 0.5) is 0 Å². The fourth-order valence-corrected chi connectivity index (χ4v) is 5.28. The number of sulfonamides is 1. The van der Waals surface area contributed by atoms with Crippen LogP contribution < -0.4 is 5.32 Å². The summed E-state index contributed by atoms with van der Waals surface area (Å²) in [5.74, 6) is -1.79. The van der Waals surface area contributed by atoms with E-state index in [1.165, 1.54) is 23.1 Å². The maximum atomic E-state index is 13.3. The Labute approximate surface area is 198 Å². The fourth-order valence-electron chi connectivity index (χ4n) is 3.55. The molecule has 0 aromatic heterocycles. The molecule has 0 unspecified atom stereocenters. The summed E-state index contributed by atoms with van der Waals surface area (Å²) in [4.78, 5) is 39.9. The molecule has 3 rings (SSSR count). The molecule has 33 heavy (non-hydrogen) atoms. The Morgan fingerprint density at radius 1 is 1.15 bits per heavy atom. The first-order valence-electron chi connectivity index (χ1n) is 10.6. The van der Waals surface area contributed by atoms with E-state index < -0.39 is 34.4 Å². The molecule has 0 saturated heterocycles. The zero-order valence-corrected chi connectivity index (χ0v) is 20.0. The van der Waals surface area contributed by atoms with Crippen LogP contribution in [0.3, 0.4) is 0 Å². The van der Waals surface area contributed by atoms with Crippen LogP contribution in [0.15, 0.2) is 53.4 Å². The van der Waals surface area contributed by atoms with Gasteiger partial charge in [0.2, 0.25) is 11.8 Å². The topological polar surface area (TPSA) is 104 Å². The number of benzene rings is 2. The molecule has 8 nitrogen and oxygen atoms in total. The van der Waals surface area contributed by atoms with Crippen molar-refractivity contribution in [3.63, 3.8) is 0 Å². The van der Waals surface area contributed by atoms with Crippen LogP contribution in [0, 0.1) is 0 Å². The maximum Gasteiger partial charge on any atom is 0.269 e. The Morgan fingerprint density at radius 2 is 1.88 bits per heavy atom. The van der Waals surface area contributed by atoms with E-state index in [1.54, 1.807) is 37.3 Å². The van der Waals surface area contributed by atoms with Crippen molar-refractivity contribution >= 4 is 39.3 Å². The maximum absolute atomic E-state index is 13.3. The highest BCUT2D eigenvalue weighted by molar-refractivity contribution is 7.90. The molecule has 0 radical (unpaired) electrons. The number of nitrogens with one attached hydrogen (secondary N) is 1. The molecule has 3 amide bonds. The third-order valence-electron chi connectivity index (χ3n) is 5.43. The van der Waals surface area contributed by atoms with Crippen LogP contribution in [0.5, 0.6) is 0 Å². The molecule has 0 spiro atoms. The molecule has 1 atom stereocenters. The quantitative estimate of drug-likeness (QED) is 0.543. The number of fused-ring (bicyclic) bond motifs is 1. The lowest BCUT2D eigenvalue weighted by Gasteiger charge is -2.30. The number of halogens is 1. The lowest BCUT2D eigenvalue weighted by molar-refractivity contribution is -0.140. The van der Waals surface area contributed by atoms with Crippen molar-refractivity contribution < 1.29 is 22.8 Å². The van der Waals surface area contributed by atoms with Crippen molar-refractivity contribution in [2.75, 3.05) is 13.1 Å². The molecular weight excluding hydrogens is 466 g/mol. The summed E-state index contributed by atoms with van der Waals surface area (Å²) in [6, 6.07) is 11.7. The first-order chi connectivity index (χ1) is 15.7. The molecule has 0 bridgehead atoms. The number of amides is 3. The Bertz CT molecular complexity index is 1170. The van der Waals surface area contributed by atoms with Crippen molar-refractivity contribution in [3.05, 3.63) is 64.7 Å². The summed E-state index contributed by atoms with van der Waals surface area (Å²) >= 11 is 6.07. The third-order valence-corrected chi connectivity index (χ3v) is 7.45. The first-order valence-corrected chi connectivity index (χ1v) is 12.5. The van der Waals surface area contributed by atoms with Gasteiger partial charge in [-0.05, 0) is 43.2 Å². The van der Waals surface area contributed by atoms with E-state index in [9.17, 15) is 22.8 Å². The molecule has 2 aromatic rings. The van der Waals surface area contributed by atoms with Gasteiger partial charge in [-0.15, -0.1) is 0 Å². The molecule has 0 fully saturated rings. The minimum atomic E-state index is -4.15. The zero-order chi connectivity index (χ0) is 24.2. The normalized spacial score (nSPS) is 15.1. The summed E-state index contributed by atoms with van der Waals surface area (Å²) in [5, 5.41) is 3.26.